The summed E-state index contributed by atoms with van der Waals surface area (Å²) in [7, 11) is 0. The number of nitro benzene ring substituents is 2. The second kappa shape index (κ2) is 10.3. The van der Waals surface area contributed by atoms with E-state index in [1.807, 2.05) is 0 Å². The maximum atomic E-state index is 13.0. The van der Waals surface area contributed by atoms with Crippen LogP contribution in [-0.2, 0) is 31.9 Å². The van der Waals surface area contributed by atoms with E-state index in [1.54, 1.807) is 13.8 Å². The third-order valence-corrected chi connectivity index (χ3v) is 4.64. The Labute approximate surface area is 178 Å². The molecule has 10 heteroatoms. The number of hydrogen-bond donors (Lipinski definition) is 0. The van der Waals surface area contributed by atoms with E-state index in [2.05, 4.69) is 0 Å². The summed E-state index contributed by atoms with van der Waals surface area (Å²) < 4.78 is 10.4. The molecular weight excluding hydrogens is 408 g/mol. The molecule has 0 saturated carbocycles. The highest BCUT2D eigenvalue weighted by Gasteiger charge is 2.49. The lowest BCUT2D eigenvalue weighted by Crippen LogP contribution is -2.45. The van der Waals surface area contributed by atoms with E-state index in [1.165, 1.54) is 48.5 Å². The molecule has 0 aliphatic heterocycles. The van der Waals surface area contributed by atoms with E-state index >= 15 is 0 Å². The average molecular weight is 430 g/mol. The SMILES string of the molecule is CCOC(=O)C(Cc1ccc([N+](=O)[O-])cc1)(Cc1ccc([N+](=O)[O-])cc1)C(=O)OCC. The number of esters is 2. The van der Waals surface area contributed by atoms with Crippen LogP contribution in [0.4, 0.5) is 11.4 Å². The van der Waals surface area contributed by atoms with Gasteiger partial charge >= 0.3 is 11.9 Å². The molecule has 0 spiro atoms. The van der Waals surface area contributed by atoms with Crippen LogP contribution in [0.3, 0.4) is 0 Å². The Balaban J connectivity index is 2.50. The van der Waals surface area contributed by atoms with Crippen molar-refractivity contribution in [2.45, 2.75) is 26.7 Å². The minimum Gasteiger partial charge on any atom is -0.465 e. The number of benzene rings is 2. The summed E-state index contributed by atoms with van der Waals surface area (Å²) in [5.74, 6) is -1.60. The number of hydrogen-bond acceptors (Lipinski definition) is 8. The number of nitro groups is 2. The molecule has 0 saturated heterocycles. The van der Waals surface area contributed by atoms with E-state index in [4.69, 9.17) is 9.47 Å². The molecule has 164 valence electrons. The predicted molar refractivity (Wildman–Crippen MR) is 109 cm³/mol. The van der Waals surface area contributed by atoms with Crippen molar-refractivity contribution < 1.29 is 28.9 Å². The zero-order chi connectivity index (χ0) is 23.0. The first-order valence-electron chi connectivity index (χ1n) is 9.54. The highest BCUT2D eigenvalue weighted by Crippen LogP contribution is 2.33. The fourth-order valence-corrected chi connectivity index (χ4v) is 3.14. The van der Waals surface area contributed by atoms with E-state index in [-0.39, 0.29) is 37.4 Å². The van der Waals surface area contributed by atoms with Gasteiger partial charge < -0.3 is 9.47 Å². The standard InChI is InChI=1S/C21H22N2O8/c1-3-30-19(24)21(20(25)31-4-2,13-15-5-9-17(10-6-15)22(26)27)14-16-7-11-18(12-8-16)23(28)29/h5-12H,3-4,13-14H2,1-2H3. The number of non-ortho nitro benzene ring substituents is 2. The van der Waals surface area contributed by atoms with Crippen LogP contribution in [0.25, 0.3) is 0 Å². The molecule has 0 fully saturated rings. The first-order valence-corrected chi connectivity index (χ1v) is 9.54. The van der Waals surface area contributed by atoms with Gasteiger partial charge in [-0.05, 0) is 37.8 Å². The van der Waals surface area contributed by atoms with Crippen LogP contribution in [0.15, 0.2) is 48.5 Å². The number of ether oxygens (including phenoxy) is 2. The molecule has 0 heterocycles. The van der Waals surface area contributed by atoms with Crippen molar-refractivity contribution in [2.75, 3.05) is 13.2 Å². The third-order valence-electron chi connectivity index (χ3n) is 4.64. The largest absolute Gasteiger partial charge is 0.465 e. The molecule has 0 radical (unpaired) electrons. The molecule has 10 nitrogen and oxygen atoms in total. The summed E-state index contributed by atoms with van der Waals surface area (Å²) in [6.07, 6.45) is -0.251. The molecule has 0 N–H and O–H groups in total. The van der Waals surface area contributed by atoms with Crippen LogP contribution in [0.2, 0.25) is 0 Å². The number of carbonyl (C=O) groups excluding carboxylic acids is 2. The highest BCUT2D eigenvalue weighted by atomic mass is 16.6. The van der Waals surface area contributed by atoms with Crippen LogP contribution in [0.5, 0.6) is 0 Å². The Morgan fingerprint density at radius 3 is 1.32 bits per heavy atom. The van der Waals surface area contributed by atoms with Crippen LogP contribution >= 0.6 is 0 Å². The lowest BCUT2D eigenvalue weighted by molar-refractivity contribution is -0.385. The summed E-state index contributed by atoms with van der Waals surface area (Å²) in [5, 5.41) is 21.8. The van der Waals surface area contributed by atoms with Crippen LogP contribution in [-0.4, -0.2) is 35.0 Å². The van der Waals surface area contributed by atoms with Crippen molar-refractivity contribution in [2.24, 2.45) is 5.41 Å². The first kappa shape index (κ1) is 23.5. The Bertz CT molecular complexity index is 875. The normalized spacial score (nSPS) is 10.9. The molecule has 0 amide bonds. The number of rotatable bonds is 10. The van der Waals surface area contributed by atoms with Gasteiger partial charge in [0, 0.05) is 24.3 Å². The van der Waals surface area contributed by atoms with Crippen molar-refractivity contribution in [1.29, 1.82) is 0 Å². The summed E-state index contributed by atoms with van der Waals surface area (Å²) in [6.45, 7) is 3.26. The highest BCUT2D eigenvalue weighted by molar-refractivity contribution is 6.00. The minimum atomic E-state index is -1.77. The van der Waals surface area contributed by atoms with E-state index in [0.717, 1.165) is 0 Å². The van der Waals surface area contributed by atoms with Crippen molar-refractivity contribution in [3.05, 3.63) is 79.9 Å². The van der Waals surface area contributed by atoms with Gasteiger partial charge in [0.15, 0.2) is 5.41 Å². The number of carbonyl (C=O) groups is 2. The zero-order valence-corrected chi connectivity index (χ0v) is 17.1. The first-order chi connectivity index (χ1) is 14.7. The Morgan fingerprint density at radius 1 is 0.742 bits per heavy atom. The maximum absolute atomic E-state index is 13.0. The maximum Gasteiger partial charge on any atom is 0.324 e. The predicted octanol–water partition coefficient (Wildman–Crippen LogP) is 3.40. The molecule has 0 aliphatic rings. The molecule has 0 unspecified atom stereocenters. The average Bonchev–Trinajstić information content (AvgIpc) is 2.74. The van der Waals surface area contributed by atoms with Gasteiger partial charge in [0.25, 0.3) is 11.4 Å². The van der Waals surface area contributed by atoms with Crippen molar-refractivity contribution in [1.82, 2.24) is 0 Å². The molecule has 31 heavy (non-hydrogen) atoms. The van der Waals surface area contributed by atoms with E-state index < -0.39 is 27.2 Å². The van der Waals surface area contributed by atoms with Crippen LogP contribution < -0.4 is 0 Å². The van der Waals surface area contributed by atoms with Gasteiger partial charge in [0.2, 0.25) is 0 Å². The third kappa shape index (κ3) is 5.62. The molecule has 2 aromatic rings. The summed E-state index contributed by atoms with van der Waals surface area (Å²) in [6, 6.07) is 11.0. The quantitative estimate of drug-likeness (QED) is 0.242. The van der Waals surface area contributed by atoms with Crippen molar-refractivity contribution in [3.63, 3.8) is 0 Å². The summed E-state index contributed by atoms with van der Waals surface area (Å²) >= 11 is 0. The van der Waals surface area contributed by atoms with Crippen LogP contribution in [0.1, 0.15) is 25.0 Å². The fraction of sp³-hybridized carbons (Fsp3) is 0.333. The van der Waals surface area contributed by atoms with Crippen molar-refractivity contribution in [3.8, 4) is 0 Å². The Hall–Kier alpha value is -3.82. The van der Waals surface area contributed by atoms with Crippen LogP contribution in [0, 0.1) is 25.6 Å². The monoisotopic (exact) mass is 430 g/mol. The van der Waals surface area contributed by atoms with Crippen molar-refractivity contribution >= 4 is 23.3 Å². The summed E-state index contributed by atoms with van der Waals surface area (Å²) in [4.78, 5) is 46.7. The van der Waals surface area contributed by atoms with E-state index in [9.17, 15) is 29.8 Å². The minimum absolute atomic E-state index is 0.0283. The smallest absolute Gasteiger partial charge is 0.324 e. The molecule has 0 aliphatic carbocycles. The van der Waals surface area contributed by atoms with Gasteiger partial charge in [-0.1, -0.05) is 24.3 Å². The van der Waals surface area contributed by atoms with Gasteiger partial charge in [0.05, 0.1) is 23.1 Å². The lowest BCUT2D eigenvalue weighted by atomic mass is 9.76. The molecular formula is C21H22N2O8. The molecule has 2 rings (SSSR count). The molecule has 0 aromatic heterocycles. The van der Waals surface area contributed by atoms with Gasteiger partial charge in [-0.2, -0.15) is 0 Å². The van der Waals surface area contributed by atoms with Gasteiger partial charge in [-0.3, -0.25) is 29.8 Å². The molecule has 0 atom stereocenters. The Morgan fingerprint density at radius 2 is 1.06 bits per heavy atom. The van der Waals surface area contributed by atoms with Gasteiger partial charge in [0.1, 0.15) is 0 Å². The van der Waals surface area contributed by atoms with Gasteiger partial charge in [-0.25, -0.2) is 0 Å². The number of nitrogens with zero attached hydrogens (tertiary/aromatic N) is 2. The summed E-state index contributed by atoms with van der Waals surface area (Å²) in [5.41, 5.74) is -1.03. The molecule has 2 aromatic carbocycles. The molecule has 0 bridgehead atoms. The van der Waals surface area contributed by atoms with E-state index in [0.29, 0.717) is 11.1 Å². The topological polar surface area (TPSA) is 139 Å². The lowest BCUT2D eigenvalue weighted by Gasteiger charge is -2.29. The fourth-order valence-electron chi connectivity index (χ4n) is 3.14. The van der Waals surface area contributed by atoms with Gasteiger partial charge in [-0.15, -0.1) is 0 Å². The zero-order valence-electron chi connectivity index (χ0n) is 17.1. The Kier molecular flexibility index (Phi) is 7.78. The second-order valence-electron chi connectivity index (χ2n) is 6.72. The second-order valence-corrected chi connectivity index (χ2v) is 6.72.